The summed E-state index contributed by atoms with van der Waals surface area (Å²) >= 11 is 0. The fourth-order valence-corrected chi connectivity index (χ4v) is 1.42. The van der Waals surface area contributed by atoms with E-state index >= 15 is 0 Å². The Morgan fingerprint density at radius 1 is 1.57 bits per heavy atom. The van der Waals surface area contributed by atoms with Crippen LogP contribution >= 0.6 is 0 Å². The largest absolute Gasteiger partial charge is 0.393 e. The van der Waals surface area contributed by atoms with Gasteiger partial charge in [-0.15, -0.1) is 0 Å². The number of aliphatic hydroxyl groups excluding tert-OH is 1. The highest BCUT2D eigenvalue weighted by atomic mass is 16.5. The van der Waals surface area contributed by atoms with Crippen molar-refractivity contribution in [1.82, 2.24) is 5.32 Å². The first kappa shape index (κ1) is 11.4. The van der Waals surface area contributed by atoms with Crippen LogP contribution in [0, 0.1) is 5.92 Å². The molecule has 82 valence electrons. The summed E-state index contributed by atoms with van der Waals surface area (Å²) in [5.41, 5.74) is 5.20. The Morgan fingerprint density at radius 3 is 2.86 bits per heavy atom. The molecule has 0 radical (unpaired) electrons. The molecular weight excluding hydrogens is 184 g/mol. The van der Waals surface area contributed by atoms with E-state index in [0.29, 0.717) is 25.6 Å². The standard InChI is InChI=1S/C9H18N2O3/c10-1-2-14-6-9(13)11-5-7-3-8(12)4-7/h7-8,12H,1-6,10H2,(H,11,13). The van der Waals surface area contributed by atoms with Crippen molar-refractivity contribution in [3.8, 4) is 0 Å². The predicted molar refractivity (Wildman–Crippen MR) is 51.6 cm³/mol. The third-order valence-electron chi connectivity index (χ3n) is 2.29. The van der Waals surface area contributed by atoms with Gasteiger partial charge in [0.25, 0.3) is 0 Å². The fraction of sp³-hybridized carbons (Fsp3) is 0.889. The summed E-state index contributed by atoms with van der Waals surface area (Å²) in [5.74, 6) is 0.322. The van der Waals surface area contributed by atoms with Gasteiger partial charge >= 0.3 is 0 Å². The van der Waals surface area contributed by atoms with Crippen molar-refractivity contribution in [2.24, 2.45) is 11.7 Å². The molecule has 0 aromatic heterocycles. The van der Waals surface area contributed by atoms with E-state index in [9.17, 15) is 4.79 Å². The van der Waals surface area contributed by atoms with Crippen molar-refractivity contribution in [2.45, 2.75) is 18.9 Å². The summed E-state index contributed by atoms with van der Waals surface area (Å²) in [5, 5.41) is 11.8. The van der Waals surface area contributed by atoms with Crippen molar-refractivity contribution >= 4 is 5.91 Å². The van der Waals surface area contributed by atoms with Crippen LogP contribution in [-0.4, -0.2) is 43.4 Å². The number of carbonyl (C=O) groups is 1. The Kier molecular flexibility index (Phi) is 4.86. The summed E-state index contributed by atoms with van der Waals surface area (Å²) in [7, 11) is 0. The molecule has 0 aromatic carbocycles. The van der Waals surface area contributed by atoms with Crippen molar-refractivity contribution in [1.29, 1.82) is 0 Å². The summed E-state index contributed by atoms with van der Waals surface area (Å²) in [6, 6.07) is 0. The van der Waals surface area contributed by atoms with E-state index in [-0.39, 0.29) is 18.6 Å². The second-order valence-electron chi connectivity index (χ2n) is 3.64. The molecule has 0 aliphatic heterocycles. The van der Waals surface area contributed by atoms with Crippen LogP contribution in [-0.2, 0) is 9.53 Å². The molecule has 0 unspecified atom stereocenters. The monoisotopic (exact) mass is 202 g/mol. The molecule has 1 aliphatic rings. The van der Waals surface area contributed by atoms with Crippen molar-refractivity contribution in [3.63, 3.8) is 0 Å². The predicted octanol–water partition coefficient (Wildman–Crippen LogP) is -1.15. The van der Waals surface area contributed by atoms with E-state index in [0.717, 1.165) is 12.8 Å². The van der Waals surface area contributed by atoms with Crippen LogP contribution in [0.2, 0.25) is 0 Å². The molecule has 0 bridgehead atoms. The van der Waals surface area contributed by atoms with Gasteiger partial charge in [0.1, 0.15) is 6.61 Å². The molecule has 4 N–H and O–H groups in total. The van der Waals surface area contributed by atoms with E-state index in [2.05, 4.69) is 5.32 Å². The first-order chi connectivity index (χ1) is 6.72. The smallest absolute Gasteiger partial charge is 0.246 e. The van der Waals surface area contributed by atoms with Gasteiger partial charge in [-0.2, -0.15) is 0 Å². The topological polar surface area (TPSA) is 84.6 Å². The Hall–Kier alpha value is -0.650. The Balaban J connectivity index is 1.93. The van der Waals surface area contributed by atoms with Gasteiger partial charge < -0.3 is 20.9 Å². The minimum absolute atomic E-state index is 0.0759. The Labute approximate surface area is 83.6 Å². The number of hydrogen-bond acceptors (Lipinski definition) is 4. The summed E-state index contributed by atoms with van der Waals surface area (Å²) in [6.45, 7) is 1.56. The number of aliphatic hydroxyl groups is 1. The van der Waals surface area contributed by atoms with Gasteiger partial charge in [-0.1, -0.05) is 0 Å². The Morgan fingerprint density at radius 2 is 2.29 bits per heavy atom. The zero-order chi connectivity index (χ0) is 10.4. The summed E-state index contributed by atoms with van der Waals surface area (Å²) < 4.78 is 4.96. The lowest BCUT2D eigenvalue weighted by Crippen LogP contribution is -2.39. The average Bonchev–Trinajstić information content (AvgIpc) is 2.11. The SMILES string of the molecule is NCCOCC(=O)NCC1CC(O)C1. The van der Waals surface area contributed by atoms with Gasteiger partial charge in [-0.3, -0.25) is 4.79 Å². The number of carbonyl (C=O) groups excluding carboxylic acids is 1. The molecule has 14 heavy (non-hydrogen) atoms. The molecule has 1 fully saturated rings. The van der Waals surface area contributed by atoms with Crippen LogP contribution in [0.25, 0.3) is 0 Å². The first-order valence-electron chi connectivity index (χ1n) is 4.95. The van der Waals surface area contributed by atoms with Crippen LogP contribution in [0.4, 0.5) is 0 Å². The van der Waals surface area contributed by atoms with Gasteiger partial charge in [-0.05, 0) is 18.8 Å². The van der Waals surface area contributed by atoms with Gasteiger partial charge in [0.2, 0.25) is 5.91 Å². The zero-order valence-corrected chi connectivity index (χ0v) is 8.24. The molecule has 0 aromatic rings. The minimum atomic E-state index is -0.162. The third-order valence-corrected chi connectivity index (χ3v) is 2.29. The first-order valence-corrected chi connectivity index (χ1v) is 4.95. The van der Waals surface area contributed by atoms with Crippen LogP contribution < -0.4 is 11.1 Å². The maximum atomic E-state index is 11.1. The molecule has 0 spiro atoms. The molecule has 0 heterocycles. The molecule has 5 nitrogen and oxygen atoms in total. The molecule has 1 amide bonds. The lowest BCUT2D eigenvalue weighted by molar-refractivity contribution is -0.126. The van der Waals surface area contributed by atoms with Crippen molar-refractivity contribution in [2.75, 3.05) is 26.3 Å². The number of hydrogen-bond donors (Lipinski definition) is 3. The highest BCUT2D eigenvalue weighted by molar-refractivity contribution is 5.77. The molecule has 1 saturated carbocycles. The highest BCUT2D eigenvalue weighted by Crippen LogP contribution is 2.25. The molecule has 5 heteroatoms. The van der Waals surface area contributed by atoms with E-state index in [4.69, 9.17) is 15.6 Å². The Bertz CT molecular complexity index is 181. The third kappa shape index (κ3) is 4.04. The molecule has 0 atom stereocenters. The molecular formula is C9H18N2O3. The molecule has 0 saturated heterocycles. The van der Waals surface area contributed by atoms with Crippen LogP contribution in [0.1, 0.15) is 12.8 Å². The fourth-order valence-electron chi connectivity index (χ4n) is 1.42. The van der Waals surface area contributed by atoms with E-state index in [1.54, 1.807) is 0 Å². The van der Waals surface area contributed by atoms with E-state index in [1.807, 2.05) is 0 Å². The number of ether oxygens (including phenoxy) is 1. The van der Waals surface area contributed by atoms with Gasteiger partial charge in [0, 0.05) is 13.1 Å². The van der Waals surface area contributed by atoms with Crippen molar-refractivity contribution < 1.29 is 14.6 Å². The summed E-state index contributed by atoms with van der Waals surface area (Å²) in [4.78, 5) is 11.1. The second-order valence-corrected chi connectivity index (χ2v) is 3.64. The second kappa shape index (κ2) is 5.95. The molecule has 1 rings (SSSR count). The normalized spacial score (nSPS) is 25.6. The van der Waals surface area contributed by atoms with Crippen LogP contribution in [0.15, 0.2) is 0 Å². The lowest BCUT2D eigenvalue weighted by Gasteiger charge is -2.31. The number of nitrogens with two attached hydrogens (primary N) is 1. The highest BCUT2D eigenvalue weighted by Gasteiger charge is 2.26. The van der Waals surface area contributed by atoms with Gasteiger partial charge in [-0.25, -0.2) is 0 Å². The van der Waals surface area contributed by atoms with Crippen LogP contribution in [0.3, 0.4) is 0 Å². The average molecular weight is 202 g/mol. The van der Waals surface area contributed by atoms with Crippen molar-refractivity contribution in [3.05, 3.63) is 0 Å². The maximum Gasteiger partial charge on any atom is 0.246 e. The van der Waals surface area contributed by atoms with Gasteiger partial charge in [0.05, 0.1) is 12.7 Å². The van der Waals surface area contributed by atoms with Crippen LogP contribution in [0.5, 0.6) is 0 Å². The number of rotatable bonds is 6. The lowest BCUT2D eigenvalue weighted by atomic mass is 9.82. The van der Waals surface area contributed by atoms with Gasteiger partial charge in [0.15, 0.2) is 0 Å². The maximum absolute atomic E-state index is 11.1. The number of nitrogens with one attached hydrogen (secondary N) is 1. The summed E-state index contributed by atoms with van der Waals surface area (Å²) in [6.07, 6.45) is 1.43. The van der Waals surface area contributed by atoms with E-state index < -0.39 is 0 Å². The zero-order valence-electron chi connectivity index (χ0n) is 8.24. The molecule has 1 aliphatic carbocycles. The number of amides is 1. The minimum Gasteiger partial charge on any atom is -0.393 e. The quantitative estimate of drug-likeness (QED) is 0.475. The van der Waals surface area contributed by atoms with E-state index in [1.165, 1.54) is 0 Å².